The molecule has 0 fully saturated rings. The van der Waals surface area contributed by atoms with E-state index in [1.807, 2.05) is 13.8 Å². The van der Waals surface area contributed by atoms with Crippen molar-refractivity contribution in [1.29, 1.82) is 0 Å². The maximum atomic E-state index is 4.71. The molecule has 0 amide bonds. The van der Waals surface area contributed by atoms with E-state index in [-0.39, 0.29) is 0 Å². The summed E-state index contributed by atoms with van der Waals surface area (Å²) < 4.78 is 9.41. The fourth-order valence-corrected chi connectivity index (χ4v) is 0.253. The minimum Gasteiger partial charge on any atom is -0.533 e. The molecule has 9 heavy (non-hydrogen) atoms. The highest BCUT2D eigenvalue weighted by Gasteiger charge is 1.85. The predicted molar refractivity (Wildman–Crippen MR) is 37.6 cm³/mol. The van der Waals surface area contributed by atoms with Crippen LogP contribution in [0.2, 0.25) is 0 Å². The predicted octanol–water partition coefficient (Wildman–Crippen LogP) is 1.62. The monoisotopic (exact) mass is 125 g/mol. The maximum absolute atomic E-state index is 4.71. The minimum atomic E-state index is 1.25. The van der Waals surface area contributed by atoms with Crippen LogP contribution in [0.15, 0.2) is 24.7 Å². The molecule has 0 aliphatic carbocycles. The molecule has 0 bridgehead atoms. The van der Waals surface area contributed by atoms with Crippen LogP contribution in [0.4, 0.5) is 0 Å². The van der Waals surface area contributed by atoms with Gasteiger partial charge in [0, 0.05) is 0 Å². The Hall–Kier alpha value is -0.855. The van der Waals surface area contributed by atoms with E-state index >= 15 is 0 Å². The van der Waals surface area contributed by atoms with Gasteiger partial charge in [0.25, 0.3) is 0 Å². The first-order valence-corrected chi connectivity index (χ1v) is 2.76. The normalized spacial score (nSPS) is 10.4. The first kappa shape index (κ1) is 8.14. The molecule has 49 valence electrons. The lowest BCUT2D eigenvalue weighted by Crippen LogP contribution is -1.93. The third kappa shape index (κ3) is 7.14. The molecule has 0 spiro atoms. The smallest absolute Gasteiger partial charge is 0.533 e. The summed E-state index contributed by atoms with van der Waals surface area (Å²) in [6.07, 6.45) is 6.61. The van der Waals surface area contributed by atoms with Crippen molar-refractivity contribution in [1.82, 2.24) is 0 Å². The quantitative estimate of drug-likeness (QED) is 0.323. The highest BCUT2D eigenvalue weighted by atomic mass is 16.6. The molecule has 3 heteroatoms. The molecule has 0 aliphatic rings. The molecule has 0 unspecified atom stereocenters. The van der Waals surface area contributed by atoms with Crippen molar-refractivity contribution in [3.63, 3.8) is 0 Å². The Bertz CT molecular complexity index is 87.2. The summed E-state index contributed by atoms with van der Waals surface area (Å²) >= 11 is 0. The lowest BCUT2D eigenvalue weighted by molar-refractivity contribution is 0.375. The third-order valence-corrected chi connectivity index (χ3v) is 0.540. The summed E-state index contributed by atoms with van der Waals surface area (Å²) in [5, 5.41) is 0. The van der Waals surface area contributed by atoms with E-state index in [1.165, 1.54) is 20.2 Å². The van der Waals surface area contributed by atoms with E-state index in [4.69, 9.17) is 9.31 Å². The van der Waals surface area contributed by atoms with Crippen LogP contribution in [0.1, 0.15) is 13.8 Å². The Morgan fingerprint density at radius 2 is 1.44 bits per heavy atom. The minimum absolute atomic E-state index is 1.25. The van der Waals surface area contributed by atoms with Gasteiger partial charge in [-0.2, -0.15) is 0 Å². The van der Waals surface area contributed by atoms with Gasteiger partial charge in [0.1, 0.15) is 0 Å². The van der Waals surface area contributed by atoms with E-state index in [9.17, 15) is 0 Å². The molecule has 0 aromatic rings. The maximum Gasteiger partial charge on any atom is 0.657 e. The molecular weight excluding hydrogens is 115 g/mol. The lowest BCUT2D eigenvalue weighted by atomic mass is 10.4. The van der Waals surface area contributed by atoms with Crippen LogP contribution in [0, 0.1) is 0 Å². The zero-order chi connectivity index (χ0) is 6.95. The fraction of sp³-hybridized carbons (Fsp3) is 0.333. The summed E-state index contributed by atoms with van der Waals surface area (Å²) in [4.78, 5) is 0. The number of rotatable bonds is 4. The van der Waals surface area contributed by atoms with E-state index in [0.29, 0.717) is 0 Å². The number of hydrogen-bond donors (Lipinski definition) is 0. The molecule has 0 aliphatic heterocycles. The standard InChI is InChI=1S/C6H10BO2/c1-3-5-8-7-9-6-4-2/h3-6H,1-2H3/b5-3-,6-4-. The van der Waals surface area contributed by atoms with Gasteiger partial charge in [-0.25, -0.2) is 0 Å². The number of hydrogen-bond acceptors (Lipinski definition) is 2. The average molecular weight is 125 g/mol. The largest absolute Gasteiger partial charge is 0.657 e. The second-order valence-electron chi connectivity index (χ2n) is 1.31. The van der Waals surface area contributed by atoms with Crippen LogP contribution >= 0.6 is 0 Å². The summed E-state index contributed by atoms with van der Waals surface area (Å²) in [5.41, 5.74) is 0. The summed E-state index contributed by atoms with van der Waals surface area (Å²) in [5.74, 6) is 0. The van der Waals surface area contributed by atoms with Gasteiger partial charge in [0.15, 0.2) is 0 Å². The van der Waals surface area contributed by atoms with Crippen molar-refractivity contribution in [2.75, 3.05) is 0 Å². The Morgan fingerprint density at radius 1 is 1.00 bits per heavy atom. The second kappa shape index (κ2) is 7.14. The first-order valence-electron chi connectivity index (χ1n) is 2.76. The zero-order valence-corrected chi connectivity index (χ0v) is 5.70. The Morgan fingerprint density at radius 3 is 1.78 bits per heavy atom. The molecule has 2 nitrogen and oxygen atoms in total. The van der Waals surface area contributed by atoms with Crippen LogP contribution in [0.5, 0.6) is 0 Å². The Kier molecular flexibility index (Phi) is 6.47. The van der Waals surface area contributed by atoms with Gasteiger partial charge in [0.2, 0.25) is 0 Å². The van der Waals surface area contributed by atoms with Gasteiger partial charge in [-0.05, 0) is 13.8 Å². The molecular formula is C6H10BO2. The molecule has 1 radical (unpaired) electrons. The molecule has 0 atom stereocenters. The molecule has 0 N–H and O–H groups in total. The Balaban J connectivity index is 2.91. The first-order chi connectivity index (χ1) is 4.41. The fourth-order valence-electron chi connectivity index (χ4n) is 0.253. The van der Waals surface area contributed by atoms with E-state index < -0.39 is 0 Å². The van der Waals surface area contributed by atoms with Crippen LogP contribution in [0.3, 0.4) is 0 Å². The van der Waals surface area contributed by atoms with Gasteiger partial charge in [-0.3, -0.25) is 0 Å². The van der Waals surface area contributed by atoms with Gasteiger partial charge < -0.3 is 9.31 Å². The van der Waals surface area contributed by atoms with Gasteiger partial charge >= 0.3 is 7.69 Å². The summed E-state index contributed by atoms with van der Waals surface area (Å²) in [6, 6.07) is 0. The summed E-state index contributed by atoms with van der Waals surface area (Å²) in [6.45, 7) is 3.73. The third-order valence-electron chi connectivity index (χ3n) is 0.540. The highest BCUT2D eigenvalue weighted by molar-refractivity contribution is 6.18. The van der Waals surface area contributed by atoms with Crippen molar-refractivity contribution in [3.8, 4) is 0 Å². The Labute approximate surface area is 56.5 Å². The summed E-state index contributed by atoms with van der Waals surface area (Å²) in [7, 11) is 1.25. The molecule has 0 aromatic heterocycles. The van der Waals surface area contributed by atoms with Gasteiger partial charge in [-0.1, -0.05) is 12.2 Å². The molecule has 0 heterocycles. The van der Waals surface area contributed by atoms with E-state index in [1.54, 1.807) is 12.2 Å². The molecule has 0 aromatic carbocycles. The zero-order valence-electron chi connectivity index (χ0n) is 5.70. The average Bonchev–Trinajstić information content (AvgIpc) is 1.89. The van der Waals surface area contributed by atoms with Crippen molar-refractivity contribution in [2.45, 2.75) is 13.8 Å². The highest BCUT2D eigenvalue weighted by Crippen LogP contribution is 1.77. The van der Waals surface area contributed by atoms with Crippen LogP contribution in [0.25, 0.3) is 0 Å². The molecule has 0 saturated carbocycles. The van der Waals surface area contributed by atoms with Crippen molar-refractivity contribution >= 4 is 7.69 Å². The lowest BCUT2D eigenvalue weighted by Gasteiger charge is -1.93. The van der Waals surface area contributed by atoms with Crippen molar-refractivity contribution < 1.29 is 9.31 Å². The van der Waals surface area contributed by atoms with E-state index in [0.717, 1.165) is 0 Å². The van der Waals surface area contributed by atoms with Gasteiger partial charge in [0.05, 0.1) is 12.5 Å². The second-order valence-corrected chi connectivity index (χ2v) is 1.31. The van der Waals surface area contributed by atoms with Gasteiger partial charge in [-0.15, -0.1) is 0 Å². The van der Waals surface area contributed by atoms with Crippen LogP contribution in [-0.2, 0) is 9.31 Å². The van der Waals surface area contributed by atoms with Crippen LogP contribution < -0.4 is 0 Å². The SMILES string of the molecule is C/C=C\O[B]O/C=C\C. The van der Waals surface area contributed by atoms with Crippen molar-refractivity contribution in [3.05, 3.63) is 24.7 Å². The molecule has 0 rings (SSSR count). The topological polar surface area (TPSA) is 18.5 Å². The van der Waals surface area contributed by atoms with Crippen LogP contribution in [-0.4, -0.2) is 7.69 Å². The number of allylic oxidation sites excluding steroid dienone is 2. The van der Waals surface area contributed by atoms with Crippen molar-refractivity contribution in [2.24, 2.45) is 0 Å². The molecule has 0 saturated heterocycles. The van der Waals surface area contributed by atoms with E-state index in [2.05, 4.69) is 0 Å².